The molecule has 1 aromatic carbocycles. The van der Waals surface area contributed by atoms with Crippen molar-refractivity contribution in [1.82, 2.24) is 0 Å². The van der Waals surface area contributed by atoms with Crippen LogP contribution >= 0.6 is 0 Å². The van der Waals surface area contributed by atoms with Crippen molar-refractivity contribution in [2.45, 2.75) is 25.5 Å². The van der Waals surface area contributed by atoms with Gasteiger partial charge in [-0.3, -0.25) is 0 Å². The summed E-state index contributed by atoms with van der Waals surface area (Å²) in [6.45, 7) is 1.81. The molecule has 0 spiro atoms. The number of aliphatic hydroxyl groups is 1. The van der Waals surface area contributed by atoms with Gasteiger partial charge in [0.2, 0.25) is 0 Å². The number of hydrogen-bond donors (Lipinski definition) is 2. The van der Waals surface area contributed by atoms with Crippen LogP contribution in [0.15, 0.2) is 24.3 Å². The zero-order chi connectivity index (χ0) is 9.84. The average molecular weight is 183 g/mol. The van der Waals surface area contributed by atoms with Crippen molar-refractivity contribution < 1.29 is 9.50 Å². The van der Waals surface area contributed by atoms with Gasteiger partial charge in [0.05, 0.1) is 12.1 Å². The van der Waals surface area contributed by atoms with E-state index in [2.05, 4.69) is 0 Å². The highest BCUT2D eigenvalue weighted by atomic mass is 19.1. The van der Waals surface area contributed by atoms with Gasteiger partial charge in [0, 0.05) is 5.56 Å². The van der Waals surface area contributed by atoms with Crippen LogP contribution in [0.5, 0.6) is 0 Å². The second kappa shape index (κ2) is 4.35. The SMILES string of the molecule is CC[C@H](O)[C@H](N)c1ccccc1F. The van der Waals surface area contributed by atoms with Crippen LogP contribution in [0.2, 0.25) is 0 Å². The zero-order valence-corrected chi connectivity index (χ0v) is 7.57. The molecule has 0 amide bonds. The molecule has 2 atom stereocenters. The van der Waals surface area contributed by atoms with E-state index in [0.29, 0.717) is 12.0 Å². The molecule has 13 heavy (non-hydrogen) atoms. The summed E-state index contributed by atoms with van der Waals surface area (Å²) in [7, 11) is 0. The third-order valence-electron chi connectivity index (χ3n) is 2.10. The Hall–Kier alpha value is -0.930. The average Bonchev–Trinajstić information content (AvgIpc) is 2.16. The van der Waals surface area contributed by atoms with Crippen LogP contribution in [0.3, 0.4) is 0 Å². The van der Waals surface area contributed by atoms with Crippen molar-refractivity contribution >= 4 is 0 Å². The molecule has 3 heteroatoms. The molecule has 0 aliphatic heterocycles. The smallest absolute Gasteiger partial charge is 0.128 e. The maximum Gasteiger partial charge on any atom is 0.128 e. The first-order valence-electron chi connectivity index (χ1n) is 4.35. The predicted molar refractivity (Wildman–Crippen MR) is 49.6 cm³/mol. The van der Waals surface area contributed by atoms with Gasteiger partial charge in [-0.05, 0) is 12.5 Å². The molecule has 0 saturated carbocycles. The number of nitrogens with two attached hydrogens (primary N) is 1. The van der Waals surface area contributed by atoms with E-state index in [9.17, 15) is 9.50 Å². The van der Waals surface area contributed by atoms with E-state index >= 15 is 0 Å². The van der Waals surface area contributed by atoms with E-state index in [1.54, 1.807) is 18.2 Å². The monoisotopic (exact) mass is 183 g/mol. The molecule has 3 N–H and O–H groups in total. The molecule has 0 heterocycles. The molecule has 0 unspecified atom stereocenters. The summed E-state index contributed by atoms with van der Waals surface area (Å²) in [6, 6.07) is 5.62. The molecular weight excluding hydrogens is 169 g/mol. The van der Waals surface area contributed by atoms with Gasteiger partial charge in [-0.15, -0.1) is 0 Å². The Kier molecular flexibility index (Phi) is 3.39. The van der Waals surface area contributed by atoms with E-state index in [0.717, 1.165) is 0 Å². The Morgan fingerprint density at radius 2 is 2.08 bits per heavy atom. The lowest BCUT2D eigenvalue weighted by Gasteiger charge is -2.17. The molecule has 0 fully saturated rings. The van der Waals surface area contributed by atoms with Crippen molar-refractivity contribution in [3.8, 4) is 0 Å². The lowest BCUT2D eigenvalue weighted by molar-refractivity contribution is 0.139. The van der Waals surface area contributed by atoms with Gasteiger partial charge >= 0.3 is 0 Å². The number of hydrogen-bond acceptors (Lipinski definition) is 2. The van der Waals surface area contributed by atoms with E-state index in [-0.39, 0.29) is 5.82 Å². The number of rotatable bonds is 3. The first-order valence-corrected chi connectivity index (χ1v) is 4.35. The fourth-order valence-electron chi connectivity index (χ4n) is 1.21. The van der Waals surface area contributed by atoms with Crippen LogP contribution in [0.4, 0.5) is 4.39 Å². The Morgan fingerprint density at radius 3 is 2.62 bits per heavy atom. The molecule has 0 aliphatic carbocycles. The largest absolute Gasteiger partial charge is 0.391 e. The number of aliphatic hydroxyl groups excluding tert-OH is 1. The fourth-order valence-corrected chi connectivity index (χ4v) is 1.21. The van der Waals surface area contributed by atoms with Gasteiger partial charge < -0.3 is 10.8 Å². The van der Waals surface area contributed by atoms with Crippen LogP contribution in [0.1, 0.15) is 24.9 Å². The summed E-state index contributed by atoms with van der Waals surface area (Å²) < 4.78 is 13.1. The minimum atomic E-state index is -0.683. The molecule has 0 radical (unpaired) electrons. The van der Waals surface area contributed by atoms with Crippen molar-refractivity contribution in [3.63, 3.8) is 0 Å². The minimum absolute atomic E-state index is 0.359. The van der Waals surface area contributed by atoms with Gasteiger partial charge in [-0.25, -0.2) is 4.39 Å². The molecule has 0 bridgehead atoms. The van der Waals surface area contributed by atoms with Crippen LogP contribution in [-0.2, 0) is 0 Å². The molecule has 0 saturated heterocycles. The second-order valence-electron chi connectivity index (χ2n) is 3.02. The van der Waals surface area contributed by atoms with Crippen molar-refractivity contribution in [3.05, 3.63) is 35.6 Å². The summed E-state index contributed by atoms with van der Waals surface area (Å²) in [5, 5.41) is 9.41. The van der Waals surface area contributed by atoms with E-state index in [1.165, 1.54) is 6.07 Å². The van der Waals surface area contributed by atoms with Crippen LogP contribution < -0.4 is 5.73 Å². The van der Waals surface area contributed by atoms with E-state index in [4.69, 9.17) is 5.73 Å². The molecule has 0 aliphatic rings. The lowest BCUT2D eigenvalue weighted by atomic mass is 10.0. The number of benzene rings is 1. The summed E-state index contributed by atoms with van der Waals surface area (Å²) in [5.41, 5.74) is 6.03. The highest BCUT2D eigenvalue weighted by molar-refractivity contribution is 5.21. The third-order valence-corrected chi connectivity index (χ3v) is 2.10. The second-order valence-corrected chi connectivity index (χ2v) is 3.02. The maximum atomic E-state index is 13.1. The number of halogens is 1. The summed E-state index contributed by atoms with van der Waals surface area (Å²) in [6.07, 6.45) is -0.160. The summed E-state index contributed by atoms with van der Waals surface area (Å²) in [5.74, 6) is -0.359. The Morgan fingerprint density at radius 1 is 1.46 bits per heavy atom. The van der Waals surface area contributed by atoms with Crippen molar-refractivity contribution in [2.75, 3.05) is 0 Å². The van der Waals surface area contributed by atoms with Gasteiger partial charge in [-0.1, -0.05) is 25.1 Å². The van der Waals surface area contributed by atoms with Gasteiger partial charge in [0.25, 0.3) is 0 Å². The predicted octanol–water partition coefficient (Wildman–Crippen LogP) is 1.60. The van der Waals surface area contributed by atoms with Gasteiger partial charge in [0.1, 0.15) is 5.82 Å². The molecule has 0 aromatic heterocycles. The zero-order valence-electron chi connectivity index (χ0n) is 7.57. The lowest BCUT2D eigenvalue weighted by Crippen LogP contribution is -2.26. The molecule has 2 nitrogen and oxygen atoms in total. The van der Waals surface area contributed by atoms with Crippen LogP contribution in [-0.4, -0.2) is 11.2 Å². The van der Waals surface area contributed by atoms with Gasteiger partial charge in [-0.2, -0.15) is 0 Å². The first-order chi connectivity index (χ1) is 6.16. The molecule has 1 aromatic rings. The Labute approximate surface area is 77.2 Å². The van der Waals surface area contributed by atoms with E-state index < -0.39 is 12.1 Å². The van der Waals surface area contributed by atoms with E-state index in [1.807, 2.05) is 6.92 Å². The fraction of sp³-hybridized carbons (Fsp3) is 0.400. The topological polar surface area (TPSA) is 46.2 Å². The third kappa shape index (κ3) is 2.26. The van der Waals surface area contributed by atoms with Gasteiger partial charge in [0.15, 0.2) is 0 Å². The summed E-state index contributed by atoms with van der Waals surface area (Å²) in [4.78, 5) is 0. The van der Waals surface area contributed by atoms with Crippen molar-refractivity contribution in [2.24, 2.45) is 5.73 Å². The highest BCUT2D eigenvalue weighted by Crippen LogP contribution is 2.18. The first kappa shape index (κ1) is 10.2. The molecule has 72 valence electrons. The van der Waals surface area contributed by atoms with Crippen LogP contribution in [0.25, 0.3) is 0 Å². The normalized spacial score (nSPS) is 15.4. The minimum Gasteiger partial charge on any atom is -0.391 e. The standard InChI is InChI=1S/C10H14FNO/c1-2-9(13)10(12)7-5-3-4-6-8(7)11/h3-6,9-10,13H,2,12H2,1H3/t9-,10+/m0/s1. The quantitative estimate of drug-likeness (QED) is 0.747. The highest BCUT2D eigenvalue weighted by Gasteiger charge is 2.17. The Balaban J connectivity index is 2.88. The molecule has 1 rings (SSSR count). The Bertz CT molecular complexity index is 277. The van der Waals surface area contributed by atoms with Crippen LogP contribution in [0, 0.1) is 5.82 Å². The molecular formula is C10H14FNO. The maximum absolute atomic E-state index is 13.1. The van der Waals surface area contributed by atoms with Crippen molar-refractivity contribution in [1.29, 1.82) is 0 Å². The summed E-state index contributed by atoms with van der Waals surface area (Å²) >= 11 is 0.